The maximum absolute atomic E-state index is 11.4. The van der Waals surface area contributed by atoms with Crippen LogP contribution in [-0.2, 0) is 4.79 Å². The topological polar surface area (TPSA) is 29.1 Å². The summed E-state index contributed by atoms with van der Waals surface area (Å²) in [7, 11) is 0. The van der Waals surface area contributed by atoms with E-state index in [-0.39, 0.29) is 11.3 Å². The van der Waals surface area contributed by atoms with E-state index in [0.29, 0.717) is 6.42 Å². The van der Waals surface area contributed by atoms with E-state index < -0.39 is 0 Å². The van der Waals surface area contributed by atoms with Crippen molar-refractivity contribution < 1.29 is 4.79 Å². The van der Waals surface area contributed by atoms with E-state index in [0.717, 1.165) is 24.7 Å². The van der Waals surface area contributed by atoms with Crippen molar-refractivity contribution in [1.29, 1.82) is 0 Å². The van der Waals surface area contributed by atoms with Gasteiger partial charge in [0.15, 0.2) is 0 Å². The number of hydrogen-bond acceptors (Lipinski definition) is 1. The molecule has 0 aromatic rings. The zero-order valence-electron chi connectivity index (χ0n) is 9.53. The molecule has 84 valence electrons. The average Bonchev–Trinajstić information content (AvgIpc) is 2.16. The molecule has 0 rings (SSSR count). The number of nitrogens with one attached hydrogen (secondary N) is 1. The Bertz CT molecular complexity index is 169. The summed E-state index contributed by atoms with van der Waals surface area (Å²) < 4.78 is 0. The third kappa shape index (κ3) is 7.36. The highest BCUT2D eigenvalue weighted by atomic mass is 79.9. The van der Waals surface area contributed by atoms with Crippen molar-refractivity contribution in [2.24, 2.45) is 5.41 Å². The van der Waals surface area contributed by atoms with Gasteiger partial charge in [0.05, 0.1) is 0 Å². The summed E-state index contributed by atoms with van der Waals surface area (Å²) in [5.74, 6) is 0.187. The highest BCUT2D eigenvalue weighted by Gasteiger charge is 2.16. The van der Waals surface area contributed by atoms with Gasteiger partial charge in [-0.1, -0.05) is 49.5 Å². The SMILES string of the molecule is CCCCCC(=O)NCC(C)(C)CBr. The molecule has 1 N–H and O–H groups in total. The van der Waals surface area contributed by atoms with Gasteiger partial charge in [-0.3, -0.25) is 4.79 Å². The van der Waals surface area contributed by atoms with Crippen molar-refractivity contribution in [2.75, 3.05) is 11.9 Å². The number of unbranched alkanes of at least 4 members (excludes halogenated alkanes) is 2. The van der Waals surface area contributed by atoms with E-state index in [4.69, 9.17) is 0 Å². The minimum absolute atomic E-state index is 0.153. The van der Waals surface area contributed by atoms with Gasteiger partial charge in [-0.2, -0.15) is 0 Å². The number of hydrogen-bond donors (Lipinski definition) is 1. The number of carbonyl (C=O) groups excluding carboxylic acids is 1. The molecule has 2 nitrogen and oxygen atoms in total. The summed E-state index contributed by atoms with van der Waals surface area (Å²) in [6.45, 7) is 7.16. The third-order valence-corrected chi connectivity index (χ3v) is 3.65. The molecule has 0 aliphatic heterocycles. The minimum Gasteiger partial charge on any atom is -0.356 e. The van der Waals surface area contributed by atoms with Crippen LogP contribution in [0.1, 0.15) is 46.5 Å². The Balaban J connectivity index is 3.53. The van der Waals surface area contributed by atoms with E-state index in [1.165, 1.54) is 6.42 Å². The third-order valence-electron chi connectivity index (χ3n) is 2.13. The highest BCUT2D eigenvalue weighted by Crippen LogP contribution is 2.16. The molecule has 0 unspecified atom stereocenters. The van der Waals surface area contributed by atoms with Gasteiger partial charge in [-0.15, -0.1) is 0 Å². The molecule has 0 spiro atoms. The molecule has 1 amide bonds. The van der Waals surface area contributed by atoms with E-state index in [9.17, 15) is 4.79 Å². The first-order valence-corrected chi connectivity index (χ1v) is 6.46. The van der Waals surface area contributed by atoms with Crippen LogP contribution in [0.25, 0.3) is 0 Å². The van der Waals surface area contributed by atoms with Crippen LogP contribution >= 0.6 is 15.9 Å². The maximum Gasteiger partial charge on any atom is 0.220 e. The summed E-state index contributed by atoms with van der Waals surface area (Å²) in [5, 5.41) is 3.88. The van der Waals surface area contributed by atoms with Gasteiger partial charge in [0.1, 0.15) is 0 Å². The molecule has 0 saturated heterocycles. The second-order valence-electron chi connectivity index (χ2n) is 4.53. The molecule has 14 heavy (non-hydrogen) atoms. The fourth-order valence-electron chi connectivity index (χ4n) is 1.01. The summed E-state index contributed by atoms with van der Waals surface area (Å²) in [6.07, 6.45) is 4.00. The fraction of sp³-hybridized carbons (Fsp3) is 0.909. The van der Waals surface area contributed by atoms with Gasteiger partial charge in [0.2, 0.25) is 5.91 Å². The average molecular weight is 264 g/mol. The van der Waals surface area contributed by atoms with E-state index in [2.05, 4.69) is 42.0 Å². The quantitative estimate of drug-likeness (QED) is 0.555. The highest BCUT2D eigenvalue weighted by molar-refractivity contribution is 9.09. The van der Waals surface area contributed by atoms with Crippen LogP contribution in [-0.4, -0.2) is 17.8 Å². The van der Waals surface area contributed by atoms with E-state index in [1.807, 2.05) is 0 Å². The predicted octanol–water partition coefficient (Wildman–Crippen LogP) is 3.10. The lowest BCUT2D eigenvalue weighted by molar-refractivity contribution is -0.121. The van der Waals surface area contributed by atoms with Crippen LogP contribution in [0.4, 0.5) is 0 Å². The molecule has 0 aliphatic carbocycles. The maximum atomic E-state index is 11.4. The monoisotopic (exact) mass is 263 g/mol. The summed E-state index contributed by atoms with van der Waals surface area (Å²) >= 11 is 3.43. The summed E-state index contributed by atoms with van der Waals surface area (Å²) in [6, 6.07) is 0. The molecule has 0 bridgehead atoms. The Kier molecular flexibility index (Phi) is 7.24. The first-order valence-electron chi connectivity index (χ1n) is 5.34. The van der Waals surface area contributed by atoms with Crippen LogP contribution in [0.5, 0.6) is 0 Å². The fourth-order valence-corrected chi connectivity index (χ4v) is 1.21. The van der Waals surface area contributed by atoms with Gasteiger partial charge in [0, 0.05) is 18.3 Å². The lowest BCUT2D eigenvalue weighted by atomic mass is 9.97. The number of alkyl halides is 1. The van der Waals surface area contributed by atoms with Crippen molar-refractivity contribution in [3.63, 3.8) is 0 Å². The van der Waals surface area contributed by atoms with Crippen LogP contribution in [0.3, 0.4) is 0 Å². The standard InChI is InChI=1S/C11H22BrNO/c1-4-5-6-7-10(14)13-9-11(2,3)8-12/h4-9H2,1-3H3,(H,13,14). The molecule has 3 heteroatoms. The van der Waals surface area contributed by atoms with E-state index >= 15 is 0 Å². The van der Waals surface area contributed by atoms with Gasteiger partial charge in [-0.05, 0) is 11.8 Å². The summed E-state index contributed by atoms with van der Waals surface area (Å²) in [4.78, 5) is 11.4. The second kappa shape index (κ2) is 7.27. The van der Waals surface area contributed by atoms with Gasteiger partial charge in [0.25, 0.3) is 0 Å². The van der Waals surface area contributed by atoms with Crippen LogP contribution in [0, 0.1) is 5.41 Å². The Morgan fingerprint density at radius 3 is 2.50 bits per heavy atom. The van der Waals surface area contributed by atoms with Crippen molar-refractivity contribution in [3.05, 3.63) is 0 Å². The molecule has 0 radical (unpaired) electrons. The smallest absolute Gasteiger partial charge is 0.220 e. The first kappa shape index (κ1) is 13.9. The number of amides is 1. The van der Waals surface area contributed by atoms with Crippen molar-refractivity contribution >= 4 is 21.8 Å². The normalized spacial score (nSPS) is 11.4. The predicted molar refractivity (Wildman–Crippen MR) is 64.7 cm³/mol. The largest absolute Gasteiger partial charge is 0.356 e. The Hall–Kier alpha value is -0.0500. The molecule has 0 saturated carbocycles. The Morgan fingerprint density at radius 1 is 1.36 bits per heavy atom. The van der Waals surface area contributed by atoms with Gasteiger partial charge in [-0.25, -0.2) is 0 Å². The second-order valence-corrected chi connectivity index (χ2v) is 5.09. The van der Waals surface area contributed by atoms with Gasteiger partial charge >= 0.3 is 0 Å². The minimum atomic E-state index is 0.153. The Labute approximate surface area is 96.0 Å². The van der Waals surface area contributed by atoms with Crippen LogP contribution in [0.2, 0.25) is 0 Å². The zero-order chi connectivity index (χ0) is 11.0. The molecule has 0 aromatic carbocycles. The number of halogens is 1. The molecular weight excluding hydrogens is 242 g/mol. The van der Waals surface area contributed by atoms with Crippen LogP contribution in [0.15, 0.2) is 0 Å². The van der Waals surface area contributed by atoms with Crippen molar-refractivity contribution in [1.82, 2.24) is 5.32 Å². The number of rotatable bonds is 7. The van der Waals surface area contributed by atoms with Gasteiger partial charge < -0.3 is 5.32 Å². The molecular formula is C11H22BrNO. The van der Waals surface area contributed by atoms with Crippen molar-refractivity contribution in [2.45, 2.75) is 46.5 Å². The van der Waals surface area contributed by atoms with Crippen LogP contribution < -0.4 is 5.32 Å². The first-order chi connectivity index (χ1) is 6.52. The lowest BCUT2D eigenvalue weighted by Gasteiger charge is -2.21. The molecule has 0 aromatic heterocycles. The summed E-state index contributed by atoms with van der Waals surface area (Å²) in [5.41, 5.74) is 0.153. The zero-order valence-corrected chi connectivity index (χ0v) is 11.1. The molecule has 0 aliphatic rings. The van der Waals surface area contributed by atoms with Crippen molar-refractivity contribution in [3.8, 4) is 0 Å². The molecule has 0 fully saturated rings. The Morgan fingerprint density at radius 2 is 2.00 bits per heavy atom. The van der Waals surface area contributed by atoms with E-state index in [1.54, 1.807) is 0 Å². The molecule has 0 atom stereocenters. The lowest BCUT2D eigenvalue weighted by Crippen LogP contribution is -2.34. The number of carbonyl (C=O) groups is 1. The molecule has 0 heterocycles.